The van der Waals surface area contributed by atoms with Gasteiger partial charge in [-0.1, -0.05) is 24.6 Å². The van der Waals surface area contributed by atoms with Crippen LogP contribution < -0.4 is 5.32 Å². The van der Waals surface area contributed by atoms with Crippen molar-refractivity contribution in [2.75, 3.05) is 0 Å². The van der Waals surface area contributed by atoms with Crippen molar-refractivity contribution in [3.63, 3.8) is 0 Å². The Bertz CT molecular complexity index is 453. The molecule has 0 radical (unpaired) electrons. The van der Waals surface area contributed by atoms with Gasteiger partial charge in [0.2, 0.25) is 0 Å². The highest BCUT2D eigenvalue weighted by Crippen LogP contribution is 2.26. The van der Waals surface area contributed by atoms with Crippen molar-refractivity contribution in [2.45, 2.75) is 38.8 Å². The largest absolute Gasteiger partial charge is 0.480 e. The highest BCUT2D eigenvalue weighted by molar-refractivity contribution is 6.30. The zero-order valence-corrected chi connectivity index (χ0v) is 11.4. The highest BCUT2D eigenvalue weighted by atomic mass is 35.5. The quantitative estimate of drug-likeness (QED) is 0.866. The van der Waals surface area contributed by atoms with Gasteiger partial charge >= 0.3 is 5.97 Å². The summed E-state index contributed by atoms with van der Waals surface area (Å²) in [5, 5.41) is 12.3. The topological polar surface area (TPSA) is 49.3 Å². The number of benzene rings is 1. The maximum absolute atomic E-state index is 13.1. The molecular formula is C13H17ClFNO2. The number of rotatable bonds is 5. The molecule has 18 heavy (non-hydrogen) atoms. The molecule has 5 heteroatoms. The number of carbonyl (C=O) groups is 1. The van der Waals surface area contributed by atoms with Crippen LogP contribution in [0.5, 0.6) is 0 Å². The summed E-state index contributed by atoms with van der Waals surface area (Å²) >= 11 is 5.70. The van der Waals surface area contributed by atoms with E-state index in [9.17, 15) is 14.3 Å². The summed E-state index contributed by atoms with van der Waals surface area (Å²) in [6.07, 6.45) is 0.789. The molecule has 0 bridgehead atoms. The van der Waals surface area contributed by atoms with Crippen LogP contribution in [0.25, 0.3) is 0 Å². The van der Waals surface area contributed by atoms with Crippen molar-refractivity contribution >= 4 is 17.6 Å². The van der Waals surface area contributed by atoms with E-state index < -0.39 is 17.3 Å². The Morgan fingerprint density at radius 1 is 1.61 bits per heavy atom. The number of halogens is 2. The number of nitrogens with one attached hydrogen (secondary N) is 1. The Balaban J connectivity index is 3.18. The summed E-state index contributed by atoms with van der Waals surface area (Å²) in [7, 11) is 0. The maximum Gasteiger partial charge on any atom is 0.328 e. The van der Waals surface area contributed by atoms with Gasteiger partial charge in [-0.3, -0.25) is 5.32 Å². The molecule has 0 aliphatic rings. The van der Waals surface area contributed by atoms with E-state index in [0.717, 1.165) is 6.42 Å². The van der Waals surface area contributed by atoms with Crippen LogP contribution in [0.15, 0.2) is 18.2 Å². The monoisotopic (exact) mass is 273 g/mol. The van der Waals surface area contributed by atoms with Gasteiger partial charge in [-0.15, -0.1) is 0 Å². The highest BCUT2D eigenvalue weighted by Gasteiger charge is 2.36. The molecule has 0 aromatic heterocycles. The molecule has 0 fully saturated rings. The molecule has 0 aliphatic heterocycles. The lowest BCUT2D eigenvalue weighted by atomic mass is 9.91. The van der Waals surface area contributed by atoms with Gasteiger partial charge < -0.3 is 5.11 Å². The second-order valence-electron chi connectivity index (χ2n) is 4.51. The summed E-state index contributed by atoms with van der Waals surface area (Å²) < 4.78 is 13.1. The summed E-state index contributed by atoms with van der Waals surface area (Å²) in [4.78, 5) is 11.5. The molecule has 100 valence electrons. The third kappa shape index (κ3) is 3.00. The molecule has 0 spiro atoms. The molecule has 2 atom stereocenters. The van der Waals surface area contributed by atoms with Crippen LogP contribution in [-0.2, 0) is 10.3 Å². The maximum atomic E-state index is 13.1. The van der Waals surface area contributed by atoms with E-state index in [0.29, 0.717) is 5.56 Å². The summed E-state index contributed by atoms with van der Waals surface area (Å²) in [6.45, 7) is 5.40. The van der Waals surface area contributed by atoms with Gasteiger partial charge in [-0.2, -0.15) is 0 Å². The van der Waals surface area contributed by atoms with E-state index in [2.05, 4.69) is 5.32 Å². The van der Waals surface area contributed by atoms with Gasteiger partial charge in [0.15, 0.2) is 0 Å². The van der Waals surface area contributed by atoms with E-state index in [1.54, 1.807) is 6.92 Å². The van der Waals surface area contributed by atoms with Crippen molar-refractivity contribution in [2.24, 2.45) is 0 Å². The van der Waals surface area contributed by atoms with Crippen LogP contribution in [0.2, 0.25) is 5.02 Å². The molecule has 1 aromatic rings. The van der Waals surface area contributed by atoms with Crippen molar-refractivity contribution in [3.05, 3.63) is 34.6 Å². The van der Waals surface area contributed by atoms with Gasteiger partial charge in [-0.25, -0.2) is 9.18 Å². The lowest BCUT2D eigenvalue weighted by Gasteiger charge is -2.30. The number of hydrogen-bond acceptors (Lipinski definition) is 2. The summed E-state index contributed by atoms with van der Waals surface area (Å²) in [5.41, 5.74) is -0.853. The lowest BCUT2D eigenvalue weighted by Crippen LogP contribution is -2.50. The standard InChI is InChI=1S/C13H17ClFNO2/c1-4-8(2)16-13(3,12(17)18)9-5-6-11(15)10(14)7-9/h5-8,16H,4H2,1-3H3,(H,17,18). The molecule has 0 saturated carbocycles. The SMILES string of the molecule is CCC(C)NC(C)(C(=O)O)c1ccc(F)c(Cl)c1. The average molecular weight is 274 g/mol. The second-order valence-corrected chi connectivity index (χ2v) is 4.92. The first-order chi connectivity index (χ1) is 8.31. The van der Waals surface area contributed by atoms with Gasteiger partial charge in [0, 0.05) is 6.04 Å². The Morgan fingerprint density at radius 3 is 2.67 bits per heavy atom. The van der Waals surface area contributed by atoms with Crippen LogP contribution in [-0.4, -0.2) is 17.1 Å². The van der Waals surface area contributed by atoms with Gasteiger partial charge in [-0.05, 0) is 38.0 Å². The molecule has 0 aliphatic carbocycles. The molecule has 1 aromatic carbocycles. The smallest absolute Gasteiger partial charge is 0.328 e. The first-order valence-corrected chi connectivity index (χ1v) is 6.15. The Morgan fingerprint density at radius 2 is 2.22 bits per heavy atom. The van der Waals surface area contributed by atoms with E-state index >= 15 is 0 Å². The van der Waals surface area contributed by atoms with E-state index in [1.807, 2.05) is 13.8 Å². The fourth-order valence-electron chi connectivity index (χ4n) is 1.67. The first kappa shape index (κ1) is 14.9. The zero-order valence-electron chi connectivity index (χ0n) is 10.6. The molecule has 2 unspecified atom stereocenters. The minimum Gasteiger partial charge on any atom is -0.480 e. The first-order valence-electron chi connectivity index (χ1n) is 5.78. The number of carboxylic acid groups (broad SMARTS) is 1. The van der Waals surface area contributed by atoms with Crippen LogP contribution in [0.3, 0.4) is 0 Å². The van der Waals surface area contributed by atoms with E-state index in [1.165, 1.54) is 18.2 Å². The van der Waals surface area contributed by atoms with Crippen molar-refractivity contribution in [3.8, 4) is 0 Å². The molecular weight excluding hydrogens is 257 g/mol. The Hall–Kier alpha value is -1.13. The van der Waals surface area contributed by atoms with Gasteiger partial charge in [0.1, 0.15) is 11.4 Å². The molecule has 0 amide bonds. The molecule has 3 nitrogen and oxygen atoms in total. The van der Waals surface area contributed by atoms with Crippen LogP contribution in [0.1, 0.15) is 32.8 Å². The van der Waals surface area contributed by atoms with Gasteiger partial charge in [0.25, 0.3) is 0 Å². The zero-order chi connectivity index (χ0) is 13.9. The van der Waals surface area contributed by atoms with Crippen molar-refractivity contribution in [1.29, 1.82) is 0 Å². The molecule has 0 heterocycles. The third-order valence-corrected chi connectivity index (χ3v) is 3.36. The lowest BCUT2D eigenvalue weighted by molar-refractivity contribution is -0.145. The number of aliphatic carboxylic acids is 1. The van der Waals surface area contributed by atoms with Crippen LogP contribution in [0, 0.1) is 5.82 Å². The average Bonchev–Trinajstić information content (AvgIpc) is 2.31. The van der Waals surface area contributed by atoms with Crippen molar-refractivity contribution < 1.29 is 14.3 Å². The summed E-state index contributed by atoms with van der Waals surface area (Å²) in [6, 6.07) is 3.98. The van der Waals surface area contributed by atoms with Gasteiger partial charge in [0.05, 0.1) is 5.02 Å². The Labute approximate surface area is 111 Å². The predicted molar refractivity (Wildman–Crippen MR) is 69.3 cm³/mol. The summed E-state index contributed by atoms with van der Waals surface area (Å²) in [5.74, 6) is -1.58. The fourth-order valence-corrected chi connectivity index (χ4v) is 1.85. The minimum atomic E-state index is -1.28. The van der Waals surface area contributed by atoms with E-state index in [4.69, 9.17) is 11.6 Å². The van der Waals surface area contributed by atoms with E-state index in [-0.39, 0.29) is 11.1 Å². The second kappa shape index (κ2) is 5.67. The Kier molecular flexibility index (Phi) is 4.71. The van der Waals surface area contributed by atoms with Crippen LogP contribution >= 0.6 is 11.6 Å². The molecule has 2 N–H and O–H groups in total. The molecule has 1 rings (SSSR count). The predicted octanol–water partition coefficient (Wildman–Crippen LogP) is 3.17. The number of hydrogen-bond donors (Lipinski definition) is 2. The third-order valence-electron chi connectivity index (χ3n) is 3.07. The normalized spacial score (nSPS) is 16.1. The van der Waals surface area contributed by atoms with Crippen LogP contribution in [0.4, 0.5) is 4.39 Å². The van der Waals surface area contributed by atoms with Crippen molar-refractivity contribution in [1.82, 2.24) is 5.32 Å². The minimum absolute atomic E-state index is 0.0231. The fraction of sp³-hybridized carbons (Fsp3) is 0.462. The molecule has 0 saturated heterocycles. The number of carboxylic acids is 1.